The second kappa shape index (κ2) is 5.07. The van der Waals surface area contributed by atoms with E-state index in [4.69, 9.17) is 4.74 Å². The molecule has 0 amide bonds. The van der Waals surface area contributed by atoms with Crippen LogP contribution in [0.1, 0.15) is 24.0 Å². The van der Waals surface area contributed by atoms with E-state index in [0.29, 0.717) is 6.10 Å². The Bertz CT molecular complexity index is 386. The lowest BCUT2D eigenvalue weighted by atomic mass is 10.0. The minimum Gasteiger partial charge on any atom is -0.490 e. The van der Waals surface area contributed by atoms with Crippen molar-refractivity contribution in [3.8, 4) is 5.75 Å². The van der Waals surface area contributed by atoms with Crippen molar-refractivity contribution in [2.24, 2.45) is 0 Å². The van der Waals surface area contributed by atoms with Crippen molar-refractivity contribution in [2.45, 2.75) is 31.9 Å². The van der Waals surface area contributed by atoms with Gasteiger partial charge in [-0.2, -0.15) is 0 Å². The Kier molecular flexibility index (Phi) is 3.29. The second-order valence-electron chi connectivity index (χ2n) is 4.92. The maximum Gasteiger partial charge on any atom is 0.120 e. The molecule has 1 aromatic carbocycles. The highest BCUT2D eigenvalue weighted by molar-refractivity contribution is 5.37. The van der Waals surface area contributed by atoms with Crippen LogP contribution in [0.15, 0.2) is 18.2 Å². The summed E-state index contributed by atoms with van der Waals surface area (Å²) in [5.74, 6) is 1.05. The normalized spacial score (nSPS) is 20.9. The molecule has 0 aliphatic carbocycles. The standard InChI is InChI=1S/C14H20N2O/c1-2-14(17-13-4-7-15-8-5-13)9-11-3-6-16-10-12(1)11/h1-2,9,13,15-16H,3-8,10H2. The summed E-state index contributed by atoms with van der Waals surface area (Å²) in [6.45, 7) is 4.26. The van der Waals surface area contributed by atoms with Gasteiger partial charge in [-0.05, 0) is 62.2 Å². The molecule has 2 aliphatic heterocycles. The van der Waals surface area contributed by atoms with Gasteiger partial charge in [0.25, 0.3) is 0 Å². The number of hydrogen-bond donors (Lipinski definition) is 2. The lowest BCUT2D eigenvalue weighted by Gasteiger charge is -2.25. The van der Waals surface area contributed by atoms with E-state index < -0.39 is 0 Å². The van der Waals surface area contributed by atoms with Crippen LogP contribution in [0.2, 0.25) is 0 Å². The summed E-state index contributed by atoms with van der Waals surface area (Å²) in [6, 6.07) is 6.56. The lowest BCUT2D eigenvalue weighted by Crippen LogP contribution is -2.34. The van der Waals surface area contributed by atoms with Crippen LogP contribution in [0.4, 0.5) is 0 Å². The van der Waals surface area contributed by atoms with Crippen LogP contribution in [-0.2, 0) is 13.0 Å². The average molecular weight is 232 g/mol. The Morgan fingerprint density at radius 3 is 2.76 bits per heavy atom. The van der Waals surface area contributed by atoms with Crippen molar-refractivity contribution in [1.82, 2.24) is 10.6 Å². The fourth-order valence-corrected chi connectivity index (χ4v) is 2.63. The van der Waals surface area contributed by atoms with Gasteiger partial charge in [0.1, 0.15) is 11.9 Å². The van der Waals surface area contributed by atoms with E-state index in [9.17, 15) is 0 Å². The molecule has 3 nitrogen and oxygen atoms in total. The molecule has 0 unspecified atom stereocenters. The minimum atomic E-state index is 0.399. The smallest absolute Gasteiger partial charge is 0.120 e. The van der Waals surface area contributed by atoms with Crippen molar-refractivity contribution in [1.29, 1.82) is 0 Å². The zero-order valence-corrected chi connectivity index (χ0v) is 10.2. The van der Waals surface area contributed by atoms with Crippen molar-refractivity contribution < 1.29 is 4.74 Å². The highest BCUT2D eigenvalue weighted by Gasteiger charge is 2.15. The molecule has 2 heterocycles. The molecule has 0 bridgehead atoms. The SMILES string of the molecule is c1cc2c(cc1OC1CCNCC1)CCNC2. The van der Waals surface area contributed by atoms with Crippen LogP contribution in [-0.4, -0.2) is 25.7 Å². The molecule has 2 aliphatic rings. The molecule has 17 heavy (non-hydrogen) atoms. The molecule has 92 valence electrons. The van der Waals surface area contributed by atoms with E-state index in [2.05, 4.69) is 28.8 Å². The van der Waals surface area contributed by atoms with Crippen LogP contribution < -0.4 is 15.4 Å². The monoisotopic (exact) mass is 232 g/mol. The van der Waals surface area contributed by atoms with Crippen molar-refractivity contribution in [3.63, 3.8) is 0 Å². The molecule has 1 fully saturated rings. The number of hydrogen-bond acceptors (Lipinski definition) is 3. The first-order chi connectivity index (χ1) is 8.42. The van der Waals surface area contributed by atoms with Gasteiger partial charge in [0.15, 0.2) is 0 Å². The third-order valence-electron chi connectivity index (χ3n) is 3.65. The van der Waals surface area contributed by atoms with Crippen LogP contribution in [0.25, 0.3) is 0 Å². The van der Waals surface area contributed by atoms with Gasteiger partial charge in [-0.25, -0.2) is 0 Å². The van der Waals surface area contributed by atoms with Crippen molar-refractivity contribution in [3.05, 3.63) is 29.3 Å². The minimum absolute atomic E-state index is 0.399. The first kappa shape index (κ1) is 11.1. The zero-order chi connectivity index (χ0) is 11.5. The molecule has 1 aromatic rings. The van der Waals surface area contributed by atoms with Crippen LogP contribution in [0.3, 0.4) is 0 Å². The summed E-state index contributed by atoms with van der Waals surface area (Å²) in [5, 5.41) is 6.75. The summed E-state index contributed by atoms with van der Waals surface area (Å²) in [6.07, 6.45) is 3.77. The molecule has 0 aromatic heterocycles. The third-order valence-corrected chi connectivity index (χ3v) is 3.65. The number of piperidine rings is 1. The summed E-state index contributed by atoms with van der Waals surface area (Å²) < 4.78 is 6.06. The van der Waals surface area contributed by atoms with Gasteiger partial charge in [-0.15, -0.1) is 0 Å². The zero-order valence-electron chi connectivity index (χ0n) is 10.2. The Hall–Kier alpha value is -1.06. The number of rotatable bonds is 2. The lowest BCUT2D eigenvalue weighted by molar-refractivity contribution is 0.162. The molecule has 0 atom stereocenters. The number of nitrogens with one attached hydrogen (secondary N) is 2. The van der Waals surface area contributed by atoms with Gasteiger partial charge in [0, 0.05) is 6.54 Å². The van der Waals surface area contributed by atoms with Gasteiger partial charge >= 0.3 is 0 Å². The Balaban J connectivity index is 1.70. The fraction of sp³-hybridized carbons (Fsp3) is 0.571. The molecular formula is C14H20N2O. The van der Waals surface area contributed by atoms with Crippen LogP contribution in [0, 0.1) is 0 Å². The Labute approximate surface area is 103 Å². The quantitative estimate of drug-likeness (QED) is 0.810. The Morgan fingerprint density at radius 2 is 1.88 bits per heavy atom. The molecule has 2 N–H and O–H groups in total. The topological polar surface area (TPSA) is 33.3 Å². The maximum atomic E-state index is 6.06. The van der Waals surface area contributed by atoms with E-state index in [1.165, 1.54) is 11.1 Å². The molecule has 1 saturated heterocycles. The molecule has 0 radical (unpaired) electrons. The largest absolute Gasteiger partial charge is 0.490 e. The first-order valence-electron chi connectivity index (χ1n) is 6.62. The Morgan fingerprint density at radius 1 is 1.00 bits per heavy atom. The first-order valence-corrected chi connectivity index (χ1v) is 6.62. The average Bonchev–Trinajstić information content (AvgIpc) is 2.40. The molecule has 0 spiro atoms. The summed E-state index contributed by atoms with van der Waals surface area (Å²) in [7, 11) is 0. The molecule has 0 saturated carbocycles. The highest BCUT2D eigenvalue weighted by Crippen LogP contribution is 2.23. The van der Waals surface area contributed by atoms with Gasteiger partial charge in [0.05, 0.1) is 0 Å². The number of ether oxygens (including phenoxy) is 1. The van der Waals surface area contributed by atoms with Crippen LogP contribution in [0.5, 0.6) is 5.75 Å². The van der Waals surface area contributed by atoms with Gasteiger partial charge in [-0.1, -0.05) is 6.07 Å². The van der Waals surface area contributed by atoms with Gasteiger partial charge in [-0.3, -0.25) is 0 Å². The van der Waals surface area contributed by atoms with E-state index in [-0.39, 0.29) is 0 Å². The maximum absolute atomic E-state index is 6.06. The van der Waals surface area contributed by atoms with Crippen molar-refractivity contribution >= 4 is 0 Å². The predicted octanol–water partition coefficient (Wildman–Crippen LogP) is 1.46. The summed E-state index contributed by atoms with van der Waals surface area (Å²) >= 11 is 0. The predicted molar refractivity (Wildman–Crippen MR) is 68.4 cm³/mol. The van der Waals surface area contributed by atoms with E-state index >= 15 is 0 Å². The highest BCUT2D eigenvalue weighted by atomic mass is 16.5. The summed E-state index contributed by atoms with van der Waals surface area (Å²) in [4.78, 5) is 0. The number of fused-ring (bicyclic) bond motifs is 1. The molecular weight excluding hydrogens is 212 g/mol. The molecule has 3 rings (SSSR count). The van der Waals surface area contributed by atoms with Gasteiger partial charge < -0.3 is 15.4 Å². The summed E-state index contributed by atoms with van der Waals surface area (Å²) in [5.41, 5.74) is 2.88. The fourth-order valence-electron chi connectivity index (χ4n) is 2.63. The number of benzene rings is 1. The van der Waals surface area contributed by atoms with Gasteiger partial charge in [0.2, 0.25) is 0 Å². The van der Waals surface area contributed by atoms with E-state index in [1.54, 1.807) is 0 Å². The second-order valence-corrected chi connectivity index (χ2v) is 4.92. The van der Waals surface area contributed by atoms with E-state index in [1.807, 2.05) is 0 Å². The van der Waals surface area contributed by atoms with Crippen LogP contribution >= 0.6 is 0 Å². The van der Waals surface area contributed by atoms with E-state index in [0.717, 1.165) is 51.2 Å². The third kappa shape index (κ3) is 2.61. The molecule has 3 heteroatoms. The van der Waals surface area contributed by atoms with Crippen molar-refractivity contribution in [2.75, 3.05) is 19.6 Å².